The molecular formula is C17H19BrFNO. The van der Waals surface area contributed by atoms with E-state index in [0.29, 0.717) is 6.42 Å². The van der Waals surface area contributed by atoms with Crippen LogP contribution in [-0.4, -0.2) is 14.2 Å². The van der Waals surface area contributed by atoms with E-state index in [9.17, 15) is 4.39 Å². The minimum absolute atomic E-state index is 0.118. The van der Waals surface area contributed by atoms with Gasteiger partial charge < -0.3 is 10.1 Å². The van der Waals surface area contributed by atoms with Crippen molar-refractivity contribution in [1.29, 1.82) is 0 Å². The topological polar surface area (TPSA) is 21.3 Å². The first-order valence-electron chi connectivity index (χ1n) is 6.81. The number of hydrogen-bond donors (Lipinski definition) is 1. The molecule has 0 spiro atoms. The second-order valence-corrected chi connectivity index (χ2v) is 5.79. The number of aryl methyl sites for hydroxylation is 1. The second kappa shape index (κ2) is 7.05. The number of ether oxygens (including phenoxy) is 1. The molecule has 0 aliphatic rings. The van der Waals surface area contributed by atoms with Gasteiger partial charge in [0.05, 0.1) is 7.11 Å². The monoisotopic (exact) mass is 351 g/mol. The fraction of sp³-hybridized carbons (Fsp3) is 0.294. The molecule has 112 valence electrons. The average molecular weight is 352 g/mol. The summed E-state index contributed by atoms with van der Waals surface area (Å²) >= 11 is 3.64. The van der Waals surface area contributed by atoms with Gasteiger partial charge in [-0.3, -0.25) is 0 Å². The normalized spacial score (nSPS) is 12.2. The molecule has 0 radical (unpaired) electrons. The van der Waals surface area contributed by atoms with Crippen molar-refractivity contribution in [3.63, 3.8) is 0 Å². The zero-order chi connectivity index (χ0) is 15.4. The number of hydrogen-bond acceptors (Lipinski definition) is 2. The third-order valence-electron chi connectivity index (χ3n) is 3.60. The van der Waals surface area contributed by atoms with Gasteiger partial charge in [0, 0.05) is 10.5 Å². The number of benzene rings is 2. The molecule has 0 aromatic heterocycles. The van der Waals surface area contributed by atoms with Crippen LogP contribution in [0.15, 0.2) is 40.9 Å². The van der Waals surface area contributed by atoms with Gasteiger partial charge in [-0.1, -0.05) is 40.2 Å². The molecule has 0 fully saturated rings. The van der Waals surface area contributed by atoms with Crippen molar-refractivity contribution < 1.29 is 9.13 Å². The number of halogens is 2. The smallest absolute Gasteiger partial charge is 0.165 e. The lowest BCUT2D eigenvalue weighted by Crippen LogP contribution is -2.19. The van der Waals surface area contributed by atoms with Crippen LogP contribution < -0.4 is 10.1 Å². The van der Waals surface area contributed by atoms with Gasteiger partial charge in [0.25, 0.3) is 0 Å². The Morgan fingerprint density at radius 1 is 1.29 bits per heavy atom. The Bertz CT molecular complexity index is 630. The van der Waals surface area contributed by atoms with Crippen molar-refractivity contribution >= 4 is 15.9 Å². The van der Waals surface area contributed by atoms with Gasteiger partial charge in [-0.05, 0) is 49.2 Å². The van der Waals surface area contributed by atoms with Gasteiger partial charge in [-0.2, -0.15) is 0 Å². The molecular weight excluding hydrogens is 333 g/mol. The summed E-state index contributed by atoms with van der Waals surface area (Å²) in [5.74, 6) is -0.0512. The zero-order valence-corrected chi connectivity index (χ0v) is 14.0. The second-order valence-electron chi connectivity index (χ2n) is 4.99. The maximum Gasteiger partial charge on any atom is 0.165 e. The molecule has 1 atom stereocenters. The van der Waals surface area contributed by atoms with Crippen LogP contribution in [0.4, 0.5) is 4.39 Å². The Labute approximate surface area is 133 Å². The van der Waals surface area contributed by atoms with Crippen LogP contribution in [0.2, 0.25) is 0 Å². The van der Waals surface area contributed by atoms with Crippen LogP contribution in [0.25, 0.3) is 0 Å². The first-order chi connectivity index (χ1) is 10.1. The summed E-state index contributed by atoms with van der Waals surface area (Å²) in [5, 5.41) is 3.30. The van der Waals surface area contributed by atoms with Crippen LogP contribution in [0, 0.1) is 12.7 Å². The number of methoxy groups -OCH3 is 1. The van der Waals surface area contributed by atoms with Gasteiger partial charge in [0.1, 0.15) is 0 Å². The fourth-order valence-corrected chi connectivity index (χ4v) is 2.92. The van der Waals surface area contributed by atoms with Crippen molar-refractivity contribution in [2.75, 3.05) is 14.2 Å². The molecule has 2 aromatic carbocycles. The predicted molar refractivity (Wildman–Crippen MR) is 87.3 cm³/mol. The highest BCUT2D eigenvalue weighted by Crippen LogP contribution is 2.29. The van der Waals surface area contributed by atoms with E-state index in [-0.39, 0.29) is 17.6 Å². The lowest BCUT2D eigenvalue weighted by molar-refractivity contribution is 0.386. The Hall–Kier alpha value is -1.39. The molecule has 0 bridgehead atoms. The SMILES string of the molecule is CNC(Cc1ccc(OC)c(F)c1)c1cccc(C)c1Br. The molecule has 0 aliphatic carbocycles. The molecule has 21 heavy (non-hydrogen) atoms. The molecule has 1 unspecified atom stereocenters. The molecule has 4 heteroatoms. The molecule has 2 nitrogen and oxygen atoms in total. The highest BCUT2D eigenvalue weighted by Gasteiger charge is 2.15. The fourth-order valence-electron chi connectivity index (χ4n) is 2.38. The highest BCUT2D eigenvalue weighted by atomic mass is 79.9. The predicted octanol–water partition coefficient (Wildman–Crippen LogP) is 4.41. The minimum atomic E-state index is -0.326. The lowest BCUT2D eigenvalue weighted by Gasteiger charge is -2.19. The highest BCUT2D eigenvalue weighted by molar-refractivity contribution is 9.10. The number of likely N-dealkylation sites (N-methyl/N-ethyl adjacent to an activating group) is 1. The molecule has 0 heterocycles. The standard InChI is InChI=1S/C17H19BrFNO/c1-11-5-4-6-13(17(11)18)15(20-2)10-12-7-8-16(21-3)14(19)9-12/h4-9,15,20H,10H2,1-3H3. The van der Waals surface area contributed by atoms with E-state index in [1.807, 2.05) is 19.2 Å². The summed E-state index contributed by atoms with van der Waals surface area (Å²) in [6.45, 7) is 2.06. The van der Waals surface area contributed by atoms with Gasteiger partial charge >= 0.3 is 0 Å². The first-order valence-corrected chi connectivity index (χ1v) is 7.60. The Kier molecular flexibility index (Phi) is 5.37. The summed E-state index contributed by atoms with van der Waals surface area (Å²) in [6.07, 6.45) is 0.708. The Balaban J connectivity index is 2.27. The minimum Gasteiger partial charge on any atom is -0.494 e. The van der Waals surface area contributed by atoms with Gasteiger partial charge in [0.15, 0.2) is 11.6 Å². The molecule has 0 saturated heterocycles. The number of rotatable bonds is 5. The van der Waals surface area contributed by atoms with Crippen LogP contribution >= 0.6 is 15.9 Å². The largest absolute Gasteiger partial charge is 0.494 e. The Morgan fingerprint density at radius 2 is 2.05 bits per heavy atom. The first kappa shape index (κ1) is 16.0. The van der Waals surface area contributed by atoms with E-state index < -0.39 is 0 Å². The summed E-state index contributed by atoms with van der Waals surface area (Å²) in [5.41, 5.74) is 3.29. The van der Waals surface area contributed by atoms with E-state index in [1.54, 1.807) is 6.07 Å². The van der Waals surface area contributed by atoms with E-state index in [4.69, 9.17) is 4.74 Å². The molecule has 1 N–H and O–H groups in total. The van der Waals surface area contributed by atoms with Crippen molar-refractivity contribution in [3.05, 3.63) is 63.4 Å². The zero-order valence-electron chi connectivity index (χ0n) is 12.4. The third-order valence-corrected chi connectivity index (χ3v) is 4.68. The van der Waals surface area contributed by atoms with E-state index >= 15 is 0 Å². The summed E-state index contributed by atoms with van der Waals surface area (Å²) in [4.78, 5) is 0. The van der Waals surface area contributed by atoms with E-state index in [2.05, 4.69) is 40.3 Å². The van der Waals surface area contributed by atoms with Crippen molar-refractivity contribution in [2.24, 2.45) is 0 Å². The van der Waals surface area contributed by atoms with E-state index in [0.717, 1.165) is 10.0 Å². The summed E-state index contributed by atoms with van der Waals surface area (Å²) in [7, 11) is 3.39. The summed E-state index contributed by atoms with van der Waals surface area (Å²) < 4.78 is 19.8. The van der Waals surface area contributed by atoms with Crippen molar-refractivity contribution in [2.45, 2.75) is 19.4 Å². The third kappa shape index (κ3) is 3.63. The van der Waals surface area contributed by atoms with Crippen molar-refractivity contribution in [1.82, 2.24) is 5.32 Å². The molecule has 0 aliphatic heterocycles. The van der Waals surface area contributed by atoms with Gasteiger partial charge in [0.2, 0.25) is 0 Å². The molecule has 0 saturated carbocycles. The quantitative estimate of drug-likeness (QED) is 0.861. The maximum atomic E-state index is 13.8. The van der Waals surface area contributed by atoms with Gasteiger partial charge in [-0.15, -0.1) is 0 Å². The maximum absolute atomic E-state index is 13.8. The summed E-state index contributed by atoms with van der Waals surface area (Å²) in [6, 6.07) is 11.4. The van der Waals surface area contributed by atoms with Crippen LogP contribution in [0.3, 0.4) is 0 Å². The molecule has 0 amide bonds. The van der Waals surface area contributed by atoms with Gasteiger partial charge in [-0.25, -0.2) is 4.39 Å². The molecule has 2 aromatic rings. The molecule has 2 rings (SSSR count). The van der Waals surface area contributed by atoms with E-state index in [1.165, 1.54) is 24.3 Å². The van der Waals surface area contributed by atoms with Crippen LogP contribution in [0.5, 0.6) is 5.75 Å². The lowest BCUT2D eigenvalue weighted by atomic mass is 9.97. The Morgan fingerprint density at radius 3 is 2.67 bits per heavy atom. The van der Waals surface area contributed by atoms with Crippen LogP contribution in [0.1, 0.15) is 22.7 Å². The number of nitrogens with one attached hydrogen (secondary N) is 1. The van der Waals surface area contributed by atoms with Crippen LogP contribution in [-0.2, 0) is 6.42 Å². The van der Waals surface area contributed by atoms with Crippen molar-refractivity contribution in [3.8, 4) is 5.75 Å². The average Bonchev–Trinajstić information content (AvgIpc) is 2.48.